The molecule has 0 atom stereocenters. The van der Waals surface area contributed by atoms with Crippen LogP contribution in [0.4, 0.5) is 17.1 Å². The Bertz CT molecular complexity index is 987. The zero-order valence-electron chi connectivity index (χ0n) is 15.0. The number of nitro benzene ring substituents is 2. The molecular formula is C18H15ClN4O6. The van der Waals surface area contributed by atoms with Gasteiger partial charge in [0.25, 0.3) is 23.2 Å². The number of non-ortho nitro benzene ring substituents is 2. The monoisotopic (exact) mass is 418 g/mol. The van der Waals surface area contributed by atoms with Gasteiger partial charge in [0.05, 0.1) is 32.7 Å². The maximum Gasteiger partial charge on any atom is 0.277 e. The quantitative estimate of drug-likeness (QED) is 0.581. The van der Waals surface area contributed by atoms with E-state index >= 15 is 0 Å². The highest BCUT2D eigenvalue weighted by atomic mass is 35.5. The first-order chi connectivity index (χ1) is 13.8. The molecule has 1 heterocycles. The van der Waals surface area contributed by atoms with E-state index in [-0.39, 0.29) is 27.7 Å². The minimum Gasteiger partial charge on any atom is -0.339 e. The molecule has 1 aliphatic heterocycles. The first-order valence-corrected chi connectivity index (χ1v) is 8.98. The van der Waals surface area contributed by atoms with Crippen LogP contribution in [-0.2, 0) is 0 Å². The highest BCUT2D eigenvalue weighted by molar-refractivity contribution is 6.31. The molecule has 0 aliphatic carbocycles. The van der Waals surface area contributed by atoms with Gasteiger partial charge in [-0.05, 0) is 31.0 Å². The summed E-state index contributed by atoms with van der Waals surface area (Å²) in [5.74, 6) is -1.12. The second kappa shape index (κ2) is 8.23. The predicted molar refractivity (Wildman–Crippen MR) is 104 cm³/mol. The van der Waals surface area contributed by atoms with Crippen molar-refractivity contribution in [3.8, 4) is 0 Å². The van der Waals surface area contributed by atoms with Gasteiger partial charge in [-0.3, -0.25) is 29.8 Å². The summed E-state index contributed by atoms with van der Waals surface area (Å²) in [6, 6.07) is 6.99. The Labute approximate surface area is 169 Å². The Balaban J connectivity index is 1.95. The fraction of sp³-hybridized carbons (Fsp3) is 0.222. The van der Waals surface area contributed by atoms with Crippen LogP contribution in [-0.4, -0.2) is 39.7 Å². The Morgan fingerprint density at radius 1 is 0.966 bits per heavy atom. The summed E-state index contributed by atoms with van der Waals surface area (Å²) in [5.41, 5.74) is -1.14. The summed E-state index contributed by atoms with van der Waals surface area (Å²) < 4.78 is 0. The van der Waals surface area contributed by atoms with Crippen LogP contribution in [0.5, 0.6) is 0 Å². The van der Waals surface area contributed by atoms with Crippen LogP contribution in [0.25, 0.3) is 0 Å². The fourth-order valence-electron chi connectivity index (χ4n) is 3.03. The molecule has 1 fully saturated rings. The zero-order valence-corrected chi connectivity index (χ0v) is 15.7. The summed E-state index contributed by atoms with van der Waals surface area (Å²) in [5, 5.41) is 24.8. The highest BCUT2D eigenvalue weighted by Crippen LogP contribution is 2.27. The van der Waals surface area contributed by atoms with Gasteiger partial charge in [0.15, 0.2) is 0 Å². The van der Waals surface area contributed by atoms with Crippen LogP contribution < -0.4 is 5.32 Å². The number of nitrogens with zero attached hydrogens (tertiary/aromatic N) is 3. The van der Waals surface area contributed by atoms with Crippen LogP contribution in [0.1, 0.15) is 33.6 Å². The van der Waals surface area contributed by atoms with E-state index < -0.39 is 27.1 Å². The third-order valence-electron chi connectivity index (χ3n) is 4.44. The molecule has 10 nitrogen and oxygen atoms in total. The van der Waals surface area contributed by atoms with Crippen molar-refractivity contribution in [2.24, 2.45) is 0 Å². The van der Waals surface area contributed by atoms with E-state index in [2.05, 4.69) is 5.32 Å². The summed E-state index contributed by atoms with van der Waals surface area (Å²) >= 11 is 5.99. The minimum atomic E-state index is -0.838. The average molecular weight is 419 g/mol. The second-order valence-corrected chi connectivity index (χ2v) is 6.83. The van der Waals surface area contributed by atoms with Crippen LogP contribution in [0.3, 0.4) is 0 Å². The maximum atomic E-state index is 12.7. The fourth-order valence-corrected chi connectivity index (χ4v) is 3.20. The van der Waals surface area contributed by atoms with Crippen molar-refractivity contribution in [3.63, 3.8) is 0 Å². The molecule has 29 heavy (non-hydrogen) atoms. The molecule has 0 unspecified atom stereocenters. The Hall–Kier alpha value is -3.53. The smallest absolute Gasteiger partial charge is 0.277 e. The zero-order chi connectivity index (χ0) is 21.1. The molecule has 2 aromatic rings. The number of rotatable bonds is 5. The minimum absolute atomic E-state index is 0.119. The average Bonchev–Trinajstić information content (AvgIpc) is 3.22. The number of carbonyl (C=O) groups is 2. The first kappa shape index (κ1) is 20.2. The van der Waals surface area contributed by atoms with Crippen molar-refractivity contribution in [2.45, 2.75) is 12.8 Å². The van der Waals surface area contributed by atoms with Gasteiger partial charge in [-0.1, -0.05) is 11.6 Å². The maximum absolute atomic E-state index is 12.7. The lowest BCUT2D eigenvalue weighted by Crippen LogP contribution is -2.28. The predicted octanol–water partition coefficient (Wildman–Crippen LogP) is 3.64. The van der Waals surface area contributed by atoms with E-state index in [0.29, 0.717) is 13.1 Å². The normalized spacial score (nSPS) is 13.2. The largest absolute Gasteiger partial charge is 0.339 e. The number of amides is 2. The Kier molecular flexibility index (Phi) is 5.74. The summed E-state index contributed by atoms with van der Waals surface area (Å²) in [6.07, 6.45) is 1.77. The summed E-state index contributed by atoms with van der Waals surface area (Å²) in [4.78, 5) is 47.4. The number of carbonyl (C=O) groups excluding carboxylic acids is 2. The lowest BCUT2D eigenvalue weighted by atomic mass is 10.1. The van der Waals surface area contributed by atoms with Gasteiger partial charge < -0.3 is 10.2 Å². The molecule has 3 rings (SSSR count). The number of hydrogen-bond acceptors (Lipinski definition) is 6. The van der Waals surface area contributed by atoms with Crippen molar-refractivity contribution in [1.29, 1.82) is 0 Å². The highest BCUT2D eigenvalue weighted by Gasteiger charge is 2.24. The number of nitro groups is 2. The molecular weight excluding hydrogens is 404 g/mol. The SMILES string of the molecule is O=C(Nc1cc(Cl)ccc1C(=O)N1CCCC1)c1cc([N+](=O)[O-])cc([N+](=O)[O-])c1. The van der Waals surface area contributed by atoms with Gasteiger partial charge in [0, 0.05) is 30.2 Å². The van der Waals surface area contributed by atoms with E-state index in [9.17, 15) is 29.8 Å². The molecule has 2 aromatic carbocycles. The van der Waals surface area contributed by atoms with Gasteiger partial charge >= 0.3 is 0 Å². The number of halogens is 1. The van der Waals surface area contributed by atoms with Gasteiger partial charge in [-0.15, -0.1) is 0 Å². The topological polar surface area (TPSA) is 136 Å². The van der Waals surface area contributed by atoms with Gasteiger partial charge in [0.1, 0.15) is 0 Å². The number of anilines is 1. The number of benzene rings is 2. The van der Waals surface area contributed by atoms with Crippen LogP contribution in [0.2, 0.25) is 5.02 Å². The molecule has 0 aromatic heterocycles. The van der Waals surface area contributed by atoms with Crippen LogP contribution in [0, 0.1) is 20.2 Å². The lowest BCUT2D eigenvalue weighted by Gasteiger charge is -2.18. The third kappa shape index (κ3) is 4.49. The van der Waals surface area contributed by atoms with Crippen molar-refractivity contribution in [2.75, 3.05) is 18.4 Å². The van der Waals surface area contributed by atoms with E-state index in [1.54, 1.807) is 4.90 Å². The van der Waals surface area contributed by atoms with Gasteiger partial charge in [0.2, 0.25) is 0 Å². The first-order valence-electron chi connectivity index (χ1n) is 8.60. The molecule has 1 N–H and O–H groups in total. The molecule has 0 spiro atoms. The van der Waals surface area contributed by atoms with E-state index in [0.717, 1.165) is 31.0 Å². The molecule has 1 saturated heterocycles. The Morgan fingerprint density at radius 2 is 1.55 bits per heavy atom. The van der Waals surface area contributed by atoms with Gasteiger partial charge in [-0.25, -0.2) is 0 Å². The number of nitrogens with one attached hydrogen (secondary N) is 1. The molecule has 11 heteroatoms. The van der Waals surface area contributed by atoms with Crippen molar-refractivity contribution >= 4 is 40.5 Å². The third-order valence-corrected chi connectivity index (χ3v) is 4.67. The van der Waals surface area contributed by atoms with Crippen molar-refractivity contribution in [1.82, 2.24) is 4.90 Å². The van der Waals surface area contributed by atoms with Crippen LogP contribution in [0.15, 0.2) is 36.4 Å². The van der Waals surface area contributed by atoms with E-state index in [4.69, 9.17) is 11.6 Å². The molecule has 0 bridgehead atoms. The van der Waals surface area contributed by atoms with Crippen molar-refractivity contribution in [3.05, 3.63) is 72.8 Å². The van der Waals surface area contributed by atoms with E-state index in [1.165, 1.54) is 18.2 Å². The molecule has 150 valence electrons. The molecule has 1 aliphatic rings. The number of hydrogen-bond donors (Lipinski definition) is 1. The standard InChI is InChI=1S/C18H15ClN4O6/c19-12-3-4-15(18(25)21-5-1-2-6-21)16(9-12)20-17(24)11-7-13(22(26)27)10-14(8-11)23(28)29/h3-4,7-10H,1-2,5-6H2,(H,20,24). The van der Waals surface area contributed by atoms with Crippen molar-refractivity contribution < 1.29 is 19.4 Å². The molecule has 2 amide bonds. The second-order valence-electron chi connectivity index (χ2n) is 6.40. The van der Waals surface area contributed by atoms with Gasteiger partial charge in [-0.2, -0.15) is 0 Å². The number of likely N-dealkylation sites (tertiary alicyclic amines) is 1. The summed E-state index contributed by atoms with van der Waals surface area (Å²) in [7, 11) is 0. The van der Waals surface area contributed by atoms with E-state index in [1.807, 2.05) is 0 Å². The molecule has 0 radical (unpaired) electrons. The molecule has 0 saturated carbocycles. The lowest BCUT2D eigenvalue weighted by molar-refractivity contribution is -0.394. The van der Waals surface area contributed by atoms with Crippen LogP contribution >= 0.6 is 11.6 Å². The summed E-state index contributed by atoms with van der Waals surface area (Å²) in [6.45, 7) is 1.21. The Morgan fingerprint density at radius 3 is 2.10 bits per heavy atom.